The summed E-state index contributed by atoms with van der Waals surface area (Å²) < 4.78 is 0. The van der Waals surface area contributed by atoms with Crippen molar-refractivity contribution in [2.24, 2.45) is 17.6 Å². The number of aromatic hydroxyl groups is 1. The number of likely N-dealkylation sites (tertiary alicyclic amines) is 1. The lowest BCUT2D eigenvalue weighted by Crippen LogP contribution is -2.63. The summed E-state index contributed by atoms with van der Waals surface area (Å²) in [6, 6.07) is 2.17. The van der Waals surface area contributed by atoms with Gasteiger partial charge < -0.3 is 26.2 Å². The van der Waals surface area contributed by atoms with Gasteiger partial charge in [-0.3, -0.25) is 24.2 Å². The Bertz CT molecular complexity index is 1340. The van der Waals surface area contributed by atoms with Gasteiger partial charge in [0.1, 0.15) is 22.8 Å². The predicted molar refractivity (Wildman–Crippen MR) is 143 cm³/mol. The van der Waals surface area contributed by atoms with E-state index < -0.39 is 58.0 Å². The van der Waals surface area contributed by atoms with E-state index in [9.17, 15) is 34.8 Å². The number of likely N-dealkylation sites (N-methyl/N-ethyl adjacent to an activating group) is 1. The van der Waals surface area contributed by atoms with Crippen LogP contribution in [-0.4, -0.2) is 93.1 Å². The van der Waals surface area contributed by atoms with E-state index in [4.69, 9.17) is 5.73 Å². The first-order valence-electron chi connectivity index (χ1n) is 13.4. The molecular weight excluding hydrogens is 502 g/mol. The highest BCUT2D eigenvalue weighted by Crippen LogP contribution is 2.52. The molecule has 1 amide bonds. The molecule has 6 N–H and O–H groups in total. The van der Waals surface area contributed by atoms with Crippen molar-refractivity contribution in [3.05, 3.63) is 57.6 Å². The molecule has 0 saturated carbocycles. The van der Waals surface area contributed by atoms with Crippen LogP contribution in [0.3, 0.4) is 0 Å². The number of fused-ring (bicyclic) bond motifs is 3. The molecule has 4 aliphatic rings. The number of nitrogens with zero attached hydrogens (tertiary/aromatic N) is 2. The van der Waals surface area contributed by atoms with Gasteiger partial charge in [0.05, 0.1) is 11.6 Å². The van der Waals surface area contributed by atoms with Crippen molar-refractivity contribution in [3.63, 3.8) is 0 Å². The number of rotatable bonds is 5. The summed E-state index contributed by atoms with van der Waals surface area (Å²) in [5.74, 6) is -6.48. The summed E-state index contributed by atoms with van der Waals surface area (Å²) in [6.45, 7) is 2.86. The third kappa shape index (κ3) is 4.18. The second-order valence-corrected chi connectivity index (χ2v) is 11.3. The van der Waals surface area contributed by atoms with Gasteiger partial charge in [-0.2, -0.15) is 0 Å². The van der Waals surface area contributed by atoms with E-state index in [1.165, 1.54) is 30.2 Å². The monoisotopic (exact) mass is 537 g/mol. The summed E-state index contributed by atoms with van der Waals surface area (Å²) in [5.41, 5.74) is 3.20. The number of nitrogens with two attached hydrogens (primary N) is 1. The van der Waals surface area contributed by atoms with Crippen LogP contribution in [0.5, 0.6) is 5.75 Å². The molecule has 0 aromatic heterocycles. The van der Waals surface area contributed by atoms with Gasteiger partial charge in [-0.25, -0.2) is 0 Å². The second kappa shape index (κ2) is 9.93. The molecule has 1 saturated heterocycles. The Labute approximate surface area is 226 Å². The molecule has 3 aliphatic carbocycles. The quantitative estimate of drug-likeness (QED) is 0.351. The van der Waals surface area contributed by atoms with Crippen molar-refractivity contribution in [3.8, 4) is 5.75 Å². The number of aliphatic hydroxyl groups is 3. The Morgan fingerprint density at radius 1 is 1.15 bits per heavy atom. The van der Waals surface area contributed by atoms with E-state index in [0.29, 0.717) is 5.56 Å². The zero-order valence-electron chi connectivity index (χ0n) is 22.2. The summed E-state index contributed by atoms with van der Waals surface area (Å²) >= 11 is 0. The number of phenolic OH excluding ortho intramolecular Hbond substituents is 1. The summed E-state index contributed by atoms with van der Waals surface area (Å²) in [6.07, 6.45) is 7.91. The number of piperidine rings is 1. The van der Waals surface area contributed by atoms with Crippen molar-refractivity contribution < 1.29 is 34.8 Å². The molecule has 4 atom stereocenters. The van der Waals surface area contributed by atoms with Crippen LogP contribution in [0.1, 0.15) is 47.2 Å². The fraction of sp³-hybridized carbons (Fsp3) is 0.483. The van der Waals surface area contributed by atoms with Gasteiger partial charge in [-0.15, -0.1) is 0 Å². The number of aliphatic hydroxyl groups excluding tert-OH is 2. The van der Waals surface area contributed by atoms with Gasteiger partial charge in [0.15, 0.2) is 11.4 Å². The van der Waals surface area contributed by atoms with Crippen molar-refractivity contribution in [1.82, 2.24) is 9.80 Å². The standard InChI is InChI=1S/C29H35N3O7/c1-31(2)23-18-14-16-13-17-15(7-6-12-32-10-4-3-5-11-32)8-9-19(33)21(17)24(34)20(16)26(36)29(18,39)27(37)22(25(23)35)28(30)38/h6-9,16,18,23,33,35-36,39H,3-5,10-14H2,1-2H3,(H2,30,38)/b7-6+/t16-,18-,23-,29-/m0/s1. The smallest absolute Gasteiger partial charge is 0.255 e. The Morgan fingerprint density at radius 3 is 2.49 bits per heavy atom. The fourth-order valence-corrected chi connectivity index (χ4v) is 6.90. The minimum absolute atomic E-state index is 0.0240. The van der Waals surface area contributed by atoms with E-state index in [0.717, 1.165) is 25.2 Å². The van der Waals surface area contributed by atoms with E-state index in [-0.39, 0.29) is 29.7 Å². The van der Waals surface area contributed by atoms with Crippen molar-refractivity contribution in [2.45, 2.75) is 43.7 Å². The van der Waals surface area contributed by atoms with Crippen LogP contribution in [0.4, 0.5) is 0 Å². The minimum atomic E-state index is -2.63. The number of amides is 1. The maximum Gasteiger partial charge on any atom is 0.255 e. The Balaban J connectivity index is 1.58. The van der Waals surface area contributed by atoms with Crippen LogP contribution in [0, 0.1) is 11.8 Å². The fourth-order valence-electron chi connectivity index (χ4n) is 6.90. The average molecular weight is 538 g/mol. The van der Waals surface area contributed by atoms with Crippen molar-refractivity contribution in [2.75, 3.05) is 33.7 Å². The largest absolute Gasteiger partial charge is 0.510 e. The molecule has 0 unspecified atom stereocenters. The van der Waals surface area contributed by atoms with Crippen LogP contribution >= 0.6 is 0 Å². The number of benzene rings is 1. The minimum Gasteiger partial charge on any atom is -0.510 e. The molecule has 208 valence electrons. The molecular formula is C29H35N3O7. The molecule has 10 heteroatoms. The van der Waals surface area contributed by atoms with Crippen LogP contribution < -0.4 is 5.73 Å². The molecule has 1 aromatic carbocycles. The lowest BCUT2D eigenvalue weighted by molar-refractivity contribution is -0.148. The maximum atomic E-state index is 13.8. The highest BCUT2D eigenvalue weighted by atomic mass is 16.3. The van der Waals surface area contributed by atoms with E-state index >= 15 is 0 Å². The maximum absolute atomic E-state index is 13.8. The first-order valence-corrected chi connectivity index (χ1v) is 13.4. The third-order valence-corrected chi connectivity index (χ3v) is 8.75. The lowest BCUT2D eigenvalue weighted by Gasteiger charge is -2.50. The SMILES string of the molecule is CN(C)[C@@H]1C(O)=C(C(N)=O)C(=O)[C@@]2(O)C(O)=C3C(=O)c4c(O)ccc(/C=C/CN5CCCCC5)c4C[C@H]3C[C@@H]12. The van der Waals surface area contributed by atoms with Crippen LogP contribution in [0.25, 0.3) is 6.08 Å². The molecule has 39 heavy (non-hydrogen) atoms. The number of Topliss-reactive ketones (excluding diaryl/α,β-unsaturated/α-hetero) is 2. The number of carbonyl (C=O) groups excluding carboxylic acids is 3. The van der Waals surface area contributed by atoms with Crippen LogP contribution in [0.2, 0.25) is 0 Å². The number of phenols is 1. The summed E-state index contributed by atoms with van der Waals surface area (Å²) in [4.78, 5) is 43.1. The van der Waals surface area contributed by atoms with Gasteiger partial charge in [0, 0.05) is 18.0 Å². The number of hydrogen-bond acceptors (Lipinski definition) is 9. The average Bonchev–Trinajstić information content (AvgIpc) is 2.87. The number of ketones is 2. The molecule has 1 fully saturated rings. The van der Waals surface area contributed by atoms with Gasteiger partial charge in [0.25, 0.3) is 5.91 Å². The normalized spacial score (nSPS) is 29.6. The van der Waals surface area contributed by atoms with E-state index in [1.807, 2.05) is 12.2 Å². The second-order valence-electron chi connectivity index (χ2n) is 11.3. The molecule has 0 spiro atoms. The van der Waals surface area contributed by atoms with Gasteiger partial charge in [-0.05, 0) is 76.0 Å². The molecule has 10 nitrogen and oxygen atoms in total. The molecule has 5 rings (SSSR count). The van der Waals surface area contributed by atoms with E-state index in [1.54, 1.807) is 20.2 Å². The molecule has 1 aromatic rings. The summed E-state index contributed by atoms with van der Waals surface area (Å²) in [5, 5.41) is 44.6. The predicted octanol–water partition coefficient (Wildman–Crippen LogP) is 1.62. The highest BCUT2D eigenvalue weighted by Gasteiger charge is 2.63. The topological polar surface area (TPSA) is 165 Å². The van der Waals surface area contributed by atoms with Gasteiger partial charge in [-0.1, -0.05) is 24.6 Å². The Hall–Kier alpha value is -3.47. The lowest BCUT2D eigenvalue weighted by atomic mass is 9.58. The Kier molecular flexibility index (Phi) is 6.90. The van der Waals surface area contributed by atoms with Gasteiger partial charge >= 0.3 is 0 Å². The molecule has 1 heterocycles. The van der Waals surface area contributed by atoms with Crippen LogP contribution in [-0.2, 0) is 16.0 Å². The van der Waals surface area contributed by atoms with Crippen LogP contribution in [0.15, 0.2) is 40.9 Å². The molecule has 1 aliphatic heterocycles. The Morgan fingerprint density at radius 2 is 1.85 bits per heavy atom. The first kappa shape index (κ1) is 27.1. The number of primary amides is 1. The van der Waals surface area contributed by atoms with Crippen molar-refractivity contribution >= 4 is 23.5 Å². The molecule has 0 radical (unpaired) electrons. The summed E-state index contributed by atoms with van der Waals surface area (Å²) in [7, 11) is 3.22. The first-order chi connectivity index (χ1) is 18.5. The molecule has 0 bridgehead atoms. The zero-order chi connectivity index (χ0) is 28.2. The number of allylic oxidation sites excluding steroid dienone is 1. The van der Waals surface area contributed by atoms with Crippen molar-refractivity contribution in [1.29, 1.82) is 0 Å². The number of carbonyl (C=O) groups is 3. The third-order valence-electron chi connectivity index (χ3n) is 8.75. The zero-order valence-corrected chi connectivity index (χ0v) is 22.2. The number of hydrogen-bond donors (Lipinski definition) is 5. The van der Waals surface area contributed by atoms with Gasteiger partial charge in [0.2, 0.25) is 5.78 Å². The highest BCUT2D eigenvalue weighted by molar-refractivity contribution is 6.24. The van der Waals surface area contributed by atoms with E-state index in [2.05, 4.69) is 4.90 Å².